The second-order valence-corrected chi connectivity index (χ2v) is 11.8. The van der Waals surface area contributed by atoms with Gasteiger partial charge >= 0.3 is 11.9 Å². The smallest absolute Gasteiger partial charge is 0.363 e. The van der Waals surface area contributed by atoms with E-state index in [1.807, 2.05) is 21.6 Å². The van der Waals surface area contributed by atoms with Gasteiger partial charge in [-0.1, -0.05) is 36.4 Å². The molecule has 242 valence electrons. The van der Waals surface area contributed by atoms with Crippen LogP contribution in [-0.2, 0) is 32.4 Å². The molecule has 2 aromatic carbocycles. The number of benzene rings is 2. The highest BCUT2D eigenvalue weighted by molar-refractivity contribution is 5.96. The monoisotopic (exact) mass is 638 g/mol. The molecule has 1 saturated heterocycles. The van der Waals surface area contributed by atoms with Crippen LogP contribution in [0.2, 0.25) is 0 Å². The number of aromatic nitrogens is 3. The minimum Gasteiger partial charge on any atom is -0.363 e. The van der Waals surface area contributed by atoms with E-state index in [9.17, 15) is 31.9 Å². The predicted octanol–water partition coefficient (Wildman–Crippen LogP) is 3.93. The van der Waals surface area contributed by atoms with Crippen LogP contribution >= 0.6 is 0 Å². The van der Waals surface area contributed by atoms with E-state index in [4.69, 9.17) is 5.73 Å². The largest absolute Gasteiger partial charge is 0.416 e. The number of halogens is 4. The average molecular weight is 639 g/mol. The molecule has 46 heavy (non-hydrogen) atoms. The number of fused-ring (bicyclic) bond motifs is 1. The second-order valence-electron chi connectivity index (χ2n) is 11.8. The first-order valence-electron chi connectivity index (χ1n) is 15.1. The van der Waals surface area contributed by atoms with Gasteiger partial charge in [-0.25, -0.2) is 9.18 Å². The Kier molecular flexibility index (Phi) is 8.47. The summed E-state index contributed by atoms with van der Waals surface area (Å²) in [4.78, 5) is 44.0. The molecule has 0 bridgehead atoms. The number of nitrogens with zero attached hydrogens (tertiary/aromatic N) is 5. The van der Waals surface area contributed by atoms with E-state index < -0.39 is 47.0 Å². The summed E-state index contributed by atoms with van der Waals surface area (Å²) >= 11 is 0. The van der Waals surface area contributed by atoms with Crippen LogP contribution in [0.25, 0.3) is 0 Å². The zero-order chi connectivity index (χ0) is 32.7. The minimum atomic E-state index is -4.86. The summed E-state index contributed by atoms with van der Waals surface area (Å²) < 4.78 is 60.7. The molecule has 0 spiro atoms. The molecule has 6 rings (SSSR count). The predicted molar refractivity (Wildman–Crippen MR) is 164 cm³/mol. The lowest BCUT2D eigenvalue weighted by Gasteiger charge is -2.37. The summed E-state index contributed by atoms with van der Waals surface area (Å²) in [7, 11) is 0. The van der Waals surface area contributed by atoms with E-state index in [2.05, 4.69) is 4.90 Å². The second kappa shape index (κ2) is 12.4. The number of hydrogen-bond acceptors (Lipinski definition) is 6. The Balaban J connectivity index is 1.35. The Morgan fingerprint density at radius 1 is 0.848 bits per heavy atom. The van der Waals surface area contributed by atoms with Crippen molar-refractivity contribution in [2.75, 3.05) is 31.1 Å². The Morgan fingerprint density at radius 2 is 1.57 bits per heavy atom. The molecule has 2 aliphatic heterocycles. The Hall–Kier alpha value is -4.49. The van der Waals surface area contributed by atoms with Gasteiger partial charge in [-0.15, -0.1) is 0 Å². The maximum Gasteiger partial charge on any atom is 0.416 e. The van der Waals surface area contributed by atoms with Crippen LogP contribution in [0.1, 0.15) is 51.0 Å². The van der Waals surface area contributed by atoms with Crippen molar-refractivity contribution in [1.82, 2.24) is 18.6 Å². The summed E-state index contributed by atoms with van der Waals surface area (Å²) in [6.45, 7) is 3.74. The number of hydrogen-bond donors (Lipinski definition) is 1. The van der Waals surface area contributed by atoms with Crippen molar-refractivity contribution in [1.29, 1.82) is 0 Å². The fourth-order valence-corrected chi connectivity index (χ4v) is 6.50. The van der Waals surface area contributed by atoms with Crippen molar-refractivity contribution in [3.8, 4) is 0 Å². The van der Waals surface area contributed by atoms with Crippen molar-refractivity contribution in [2.24, 2.45) is 5.73 Å². The molecule has 0 amide bonds. The first-order chi connectivity index (χ1) is 21.9. The number of piperazine rings is 1. The molecule has 2 aliphatic rings. The molecule has 0 radical (unpaired) electrons. The number of anilines is 1. The van der Waals surface area contributed by atoms with Crippen molar-refractivity contribution >= 4 is 11.5 Å². The van der Waals surface area contributed by atoms with Crippen molar-refractivity contribution in [2.45, 2.75) is 51.7 Å². The molecular weight excluding hydrogens is 604 g/mol. The van der Waals surface area contributed by atoms with Gasteiger partial charge < -0.3 is 15.2 Å². The molecule has 0 unspecified atom stereocenters. The highest BCUT2D eigenvalue weighted by Gasteiger charge is 2.35. The Bertz CT molecular complexity index is 1890. The van der Waals surface area contributed by atoms with E-state index >= 15 is 0 Å². The molecular formula is C33H34F4N6O3. The van der Waals surface area contributed by atoms with Gasteiger partial charge in [0.05, 0.1) is 24.3 Å². The summed E-state index contributed by atoms with van der Waals surface area (Å²) in [5, 5.41) is 0. The number of carbonyl (C=O) groups excluding carboxylic acids is 1. The van der Waals surface area contributed by atoms with Gasteiger partial charge in [-0.2, -0.15) is 13.2 Å². The number of carbonyl (C=O) groups is 1. The van der Waals surface area contributed by atoms with Crippen LogP contribution in [-0.4, -0.2) is 50.6 Å². The van der Waals surface area contributed by atoms with Crippen LogP contribution in [0.3, 0.4) is 0 Å². The normalized spacial score (nSPS) is 16.2. The molecule has 2 N–H and O–H groups in total. The zero-order valence-electron chi connectivity index (χ0n) is 25.3. The summed E-state index contributed by atoms with van der Waals surface area (Å²) in [6.07, 6.45) is -4.37. The van der Waals surface area contributed by atoms with Gasteiger partial charge in [-0.05, 0) is 36.8 Å². The molecule has 1 fully saturated rings. The summed E-state index contributed by atoms with van der Waals surface area (Å²) in [6, 6.07) is 14.6. The van der Waals surface area contributed by atoms with Crippen LogP contribution < -0.4 is 21.9 Å². The van der Waals surface area contributed by atoms with Gasteiger partial charge in [-0.3, -0.25) is 23.6 Å². The number of rotatable bonds is 8. The fourth-order valence-electron chi connectivity index (χ4n) is 6.50. The van der Waals surface area contributed by atoms with Crippen LogP contribution in [0.5, 0.6) is 0 Å². The van der Waals surface area contributed by atoms with Crippen molar-refractivity contribution in [3.05, 3.63) is 121 Å². The van der Waals surface area contributed by atoms with Gasteiger partial charge in [0.15, 0.2) is 5.78 Å². The quantitative estimate of drug-likeness (QED) is 0.294. The Morgan fingerprint density at radius 3 is 2.26 bits per heavy atom. The summed E-state index contributed by atoms with van der Waals surface area (Å²) in [5.74, 6) is -0.976. The third-order valence-electron chi connectivity index (χ3n) is 9.00. The lowest BCUT2D eigenvalue weighted by atomic mass is 10.1. The van der Waals surface area contributed by atoms with Gasteiger partial charge in [0.25, 0.3) is 5.56 Å². The van der Waals surface area contributed by atoms with Gasteiger partial charge in [0.1, 0.15) is 11.5 Å². The van der Waals surface area contributed by atoms with Crippen molar-refractivity contribution < 1.29 is 22.4 Å². The fraction of sp³-hybridized carbons (Fsp3) is 0.364. The van der Waals surface area contributed by atoms with E-state index in [0.717, 1.165) is 33.0 Å². The molecule has 0 saturated carbocycles. The highest BCUT2D eigenvalue weighted by Crippen LogP contribution is 2.34. The van der Waals surface area contributed by atoms with Crippen LogP contribution in [0, 0.1) is 12.7 Å². The van der Waals surface area contributed by atoms with E-state index in [0.29, 0.717) is 56.9 Å². The maximum absolute atomic E-state index is 15.0. The minimum absolute atomic E-state index is 0.127. The van der Waals surface area contributed by atoms with Gasteiger partial charge in [0.2, 0.25) is 0 Å². The van der Waals surface area contributed by atoms with E-state index in [1.165, 1.54) is 6.92 Å². The highest BCUT2D eigenvalue weighted by atomic mass is 19.4. The number of Topliss-reactive ketones (excluding diaryl/α,β-unsaturated/α-hetero) is 1. The first kappa shape index (κ1) is 31.5. The third kappa shape index (κ3) is 5.92. The molecule has 2 aromatic heterocycles. The first-order valence-corrected chi connectivity index (χ1v) is 15.1. The van der Waals surface area contributed by atoms with Crippen molar-refractivity contribution in [3.63, 3.8) is 0 Å². The topological polar surface area (TPSA) is 98.5 Å². The zero-order valence-corrected chi connectivity index (χ0v) is 25.3. The van der Waals surface area contributed by atoms with Gasteiger partial charge in [0, 0.05) is 68.7 Å². The lowest BCUT2D eigenvalue weighted by Crippen LogP contribution is -2.51. The maximum atomic E-state index is 15.0. The molecule has 1 atom stereocenters. The molecule has 9 nitrogen and oxygen atoms in total. The standard InChI is InChI=1S/C33H34F4N6O3/c1-21-30(40-16-14-39(15-17-40)18-23-10-11-28-29(44)12-13-41(23)28)31(45)43(20-27(38)22-6-3-2-4-7-22)32(46)42(21)19-24-25(33(35,36)37)8-5-9-26(24)34/h2-11,27H,12-20,38H2,1H3/t27-/m1/s1. The number of ketones is 1. The SMILES string of the molecule is Cc1c(N2CCN(Cc3ccc4n3CCC4=O)CC2)c(=O)n(C[C@@H](N)c2ccccc2)c(=O)n1Cc1c(F)cccc1C(F)(F)F. The molecule has 4 heterocycles. The van der Waals surface area contributed by atoms with E-state index in [-0.39, 0.29) is 23.7 Å². The number of alkyl halides is 3. The average Bonchev–Trinajstić information content (AvgIpc) is 3.61. The third-order valence-corrected chi connectivity index (χ3v) is 9.00. The Labute approximate surface area is 262 Å². The van der Waals surface area contributed by atoms with E-state index in [1.54, 1.807) is 30.3 Å². The summed E-state index contributed by atoms with van der Waals surface area (Å²) in [5.41, 5.74) is 5.78. The van der Waals surface area contributed by atoms with Crippen LogP contribution in [0.15, 0.2) is 70.3 Å². The molecule has 13 heteroatoms. The van der Waals surface area contributed by atoms with Crippen LogP contribution in [0.4, 0.5) is 23.2 Å². The molecule has 4 aromatic rings. The molecule has 0 aliphatic carbocycles. The number of nitrogens with two attached hydrogens (primary N) is 1. The lowest BCUT2D eigenvalue weighted by molar-refractivity contribution is -0.138.